The average molecular weight is 294 g/mol. The highest BCUT2D eigenvalue weighted by Gasteiger charge is 3.08. The number of alkyl halides is 1. The molecule has 1 aliphatic heterocycles. The normalized spacial score (nSPS) is 73.2. The highest BCUT2D eigenvalue weighted by atomic mass is 79.9. The number of nitrogens with zero attached hydrogens (tertiary/aromatic N) is 1. The second-order valence-electron chi connectivity index (χ2n) is 6.74. The Bertz CT molecular complexity index is 524. The largest absolute Gasteiger partial charge is 0.346 e. The molecule has 6 aliphatic carbocycles. The number of ether oxygens (including phenoxy) is 2. The maximum atomic E-state index is 9.11. The Morgan fingerprint density at radius 2 is 1.94 bits per heavy atom. The predicted molar refractivity (Wildman–Crippen MR) is 59.9 cm³/mol. The zero-order chi connectivity index (χ0) is 11.2. The van der Waals surface area contributed by atoms with E-state index >= 15 is 0 Å². The van der Waals surface area contributed by atoms with Gasteiger partial charge in [-0.3, -0.25) is 0 Å². The summed E-state index contributed by atoms with van der Waals surface area (Å²) in [4.78, 5) is 0. The standard InChI is InChI=1S/C13H12BrNO2/c14-12-7-5-6(7)11(1-2-15)9(10(11)12)8(5)13(12)16-3-4-17-13/h5-10H,1,3-4H2/t5-,6+,7+,8-,9+,10+,11-,12-/m0/s1. The molecule has 6 saturated carbocycles. The van der Waals surface area contributed by atoms with Crippen molar-refractivity contribution in [3.05, 3.63) is 0 Å². The smallest absolute Gasteiger partial charge is 0.187 e. The molecule has 0 amide bonds. The lowest BCUT2D eigenvalue weighted by molar-refractivity contribution is -0.192. The van der Waals surface area contributed by atoms with Crippen molar-refractivity contribution in [1.82, 2.24) is 0 Å². The number of hydrogen-bond acceptors (Lipinski definition) is 3. The maximum absolute atomic E-state index is 9.11. The lowest BCUT2D eigenvalue weighted by atomic mass is 9.92. The molecule has 0 aromatic heterocycles. The predicted octanol–water partition coefficient (Wildman–Crippen LogP) is 1.53. The number of rotatable bonds is 1. The minimum atomic E-state index is -0.302. The number of hydrogen-bond donors (Lipinski definition) is 0. The van der Waals surface area contributed by atoms with E-state index in [-0.39, 0.29) is 10.1 Å². The van der Waals surface area contributed by atoms with E-state index in [9.17, 15) is 0 Å². The van der Waals surface area contributed by atoms with Crippen molar-refractivity contribution >= 4 is 15.9 Å². The fraction of sp³-hybridized carbons (Fsp3) is 0.923. The van der Waals surface area contributed by atoms with E-state index in [1.807, 2.05) is 0 Å². The molecule has 0 unspecified atom stereocenters. The van der Waals surface area contributed by atoms with Crippen LogP contribution in [-0.2, 0) is 9.47 Å². The van der Waals surface area contributed by atoms with Gasteiger partial charge in [0, 0.05) is 12.3 Å². The maximum Gasteiger partial charge on any atom is 0.187 e. The SMILES string of the molecule is N#CC[C@]12[C@@H]3[C@@H]4[C@H]5[C@@H]1[C@H]2[C@@](Br)([C@H]43)C51OCCO1. The van der Waals surface area contributed by atoms with Crippen molar-refractivity contribution in [2.75, 3.05) is 13.2 Å². The van der Waals surface area contributed by atoms with Crippen LogP contribution in [0.1, 0.15) is 6.42 Å². The van der Waals surface area contributed by atoms with Crippen LogP contribution in [0.15, 0.2) is 0 Å². The third-order valence-corrected chi connectivity index (χ3v) is 8.53. The summed E-state index contributed by atoms with van der Waals surface area (Å²) in [6, 6.07) is 2.44. The summed E-state index contributed by atoms with van der Waals surface area (Å²) >= 11 is 4.05. The molecule has 88 valence electrons. The lowest BCUT2D eigenvalue weighted by Gasteiger charge is -2.37. The topological polar surface area (TPSA) is 42.2 Å². The van der Waals surface area contributed by atoms with Gasteiger partial charge in [-0.05, 0) is 35.0 Å². The molecule has 2 bridgehead atoms. The molecule has 17 heavy (non-hydrogen) atoms. The van der Waals surface area contributed by atoms with E-state index in [2.05, 4.69) is 22.0 Å². The van der Waals surface area contributed by atoms with Gasteiger partial charge in [-0.15, -0.1) is 0 Å². The summed E-state index contributed by atoms with van der Waals surface area (Å²) in [5.74, 6) is 4.05. The van der Waals surface area contributed by atoms with Gasteiger partial charge in [-0.25, -0.2) is 0 Å². The van der Waals surface area contributed by atoms with Crippen LogP contribution in [-0.4, -0.2) is 23.3 Å². The van der Waals surface area contributed by atoms with Gasteiger partial charge in [-0.1, -0.05) is 15.9 Å². The zero-order valence-electron chi connectivity index (χ0n) is 9.23. The first kappa shape index (κ1) is 8.90. The second kappa shape index (κ2) is 2.01. The van der Waals surface area contributed by atoms with E-state index in [1.54, 1.807) is 0 Å². The molecule has 1 saturated heterocycles. The molecular formula is C13H12BrNO2. The van der Waals surface area contributed by atoms with Crippen LogP contribution in [0, 0.1) is 52.3 Å². The van der Waals surface area contributed by atoms with Crippen LogP contribution in [0.5, 0.6) is 0 Å². The van der Waals surface area contributed by atoms with Crippen LogP contribution in [0.25, 0.3) is 0 Å². The van der Waals surface area contributed by atoms with Crippen LogP contribution >= 0.6 is 15.9 Å². The Hall–Kier alpha value is -0.110. The Labute approximate surface area is 108 Å². The Morgan fingerprint density at radius 3 is 2.47 bits per heavy atom. The summed E-state index contributed by atoms with van der Waals surface area (Å²) in [5, 5.41) is 9.11. The molecule has 7 fully saturated rings. The van der Waals surface area contributed by atoms with E-state index in [4.69, 9.17) is 14.7 Å². The fourth-order valence-corrected chi connectivity index (χ4v) is 8.89. The molecule has 1 heterocycles. The van der Waals surface area contributed by atoms with Crippen LogP contribution in [0.3, 0.4) is 0 Å². The summed E-state index contributed by atoms with van der Waals surface area (Å²) in [5.41, 5.74) is 0.374. The summed E-state index contributed by atoms with van der Waals surface area (Å²) in [6.07, 6.45) is 0.764. The van der Waals surface area contributed by atoms with Crippen molar-refractivity contribution in [2.24, 2.45) is 40.9 Å². The molecule has 3 nitrogen and oxygen atoms in total. The van der Waals surface area contributed by atoms with Crippen molar-refractivity contribution in [3.63, 3.8) is 0 Å². The molecule has 7 rings (SSSR count). The van der Waals surface area contributed by atoms with Gasteiger partial charge in [0.2, 0.25) is 0 Å². The van der Waals surface area contributed by atoms with E-state index in [1.165, 1.54) is 0 Å². The van der Waals surface area contributed by atoms with Gasteiger partial charge in [0.15, 0.2) is 5.79 Å². The van der Waals surface area contributed by atoms with Crippen molar-refractivity contribution in [2.45, 2.75) is 16.5 Å². The van der Waals surface area contributed by atoms with Gasteiger partial charge in [0.1, 0.15) is 0 Å². The molecule has 0 aromatic rings. The molecule has 4 heteroatoms. The molecule has 1 spiro atoms. The van der Waals surface area contributed by atoms with E-state index < -0.39 is 0 Å². The summed E-state index contributed by atoms with van der Waals surface area (Å²) < 4.78 is 12.2. The highest BCUT2D eigenvalue weighted by molar-refractivity contribution is 9.10. The Morgan fingerprint density at radius 1 is 1.18 bits per heavy atom. The third-order valence-electron chi connectivity index (χ3n) is 6.96. The van der Waals surface area contributed by atoms with Crippen LogP contribution in [0.2, 0.25) is 0 Å². The van der Waals surface area contributed by atoms with Crippen LogP contribution in [0.4, 0.5) is 0 Å². The van der Waals surface area contributed by atoms with Crippen molar-refractivity contribution in [1.29, 1.82) is 5.26 Å². The number of nitriles is 1. The van der Waals surface area contributed by atoms with Gasteiger partial charge in [0.05, 0.1) is 23.6 Å². The first-order valence-corrected chi connectivity index (χ1v) is 7.38. The van der Waals surface area contributed by atoms with Crippen LogP contribution < -0.4 is 0 Å². The van der Waals surface area contributed by atoms with E-state index in [0.29, 0.717) is 17.3 Å². The van der Waals surface area contributed by atoms with Gasteiger partial charge in [0.25, 0.3) is 0 Å². The third kappa shape index (κ3) is 0.505. The van der Waals surface area contributed by atoms with E-state index in [0.717, 1.165) is 43.3 Å². The molecule has 8 atom stereocenters. The monoisotopic (exact) mass is 293 g/mol. The summed E-state index contributed by atoms with van der Waals surface area (Å²) in [6.45, 7) is 1.50. The Balaban J connectivity index is 1.59. The number of halogens is 1. The molecule has 7 aliphatic rings. The Kier molecular flexibility index (Phi) is 1.05. The first-order chi connectivity index (χ1) is 8.25. The molecule has 0 N–H and O–H groups in total. The van der Waals surface area contributed by atoms with Gasteiger partial charge >= 0.3 is 0 Å². The summed E-state index contributed by atoms with van der Waals surface area (Å²) in [7, 11) is 0. The quantitative estimate of drug-likeness (QED) is 0.689. The minimum Gasteiger partial charge on any atom is -0.346 e. The fourth-order valence-electron chi connectivity index (χ4n) is 7.09. The highest BCUT2D eigenvalue weighted by Crippen LogP contribution is 3.05. The first-order valence-electron chi connectivity index (χ1n) is 6.59. The minimum absolute atomic E-state index is 0.0675. The molecule has 0 aromatic carbocycles. The lowest BCUT2D eigenvalue weighted by Crippen LogP contribution is -2.50. The zero-order valence-corrected chi connectivity index (χ0v) is 10.8. The molecular weight excluding hydrogens is 282 g/mol. The second-order valence-corrected chi connectivity index (χ2v) is 8.05. The average Bonchev–Trinajstić information content (AvgIpc) is 2.99. The van der Waals surface area contributed by atoms with Crippen molar-refractivity contribution in [3.8, 4) is 6.07 Å². The van der Waals surface area contributed by atoms with Gasteiger partial charge < -0.3 is 9.47 Å². The molecule has 0 radical (unpaired) electrons. The van der Waals surface area contributed by atoms with Gasteiger partial charge in [-0.2, -0.15) is 5.26 Å². The van der Waals surface area contributed by atoms with Crippen molar-refractivity contribution < 1.29 is 9.47 Å².